The van der Waals surface area contributed by atoms with E-state index < -0.39 is 10.0 Å². The summed E-state index contributed by atoms with van der Waals surface area (Å²) >= 11 is 5.69. The lowest BCUT2D eigenvalue weighted by Crippen LogP contribution is -2.25. The summed E-state index contributed by atoms with van der Waals surface area (Å²) in [4.78, 5) is 0.341. The van der Waals surface area contributed by atoms with Crippen LogP contribution in [0.2, 0.25) is 0 Å². The van der Waals surface area contributed by atoms with E-state index in [1.807, 2.05) is 36.4 Å². The van der Waals surface area contributed by atoms with Crippen molar-refractivity contribution in [3.8, 4) is 0 Å². The molecule has 5 heteroatoms. The van der Waals surface area contributed by atoms with Gasteiger partial charge in [-0.25, -0.2) is 8.42 Å². The number of hydrogen-bond donors (Lipinski definition) is 0. The lowest BCUT2D eigenvalue weighted by molar-refractivity contribution is 0.431. The molecule has 3 rings (SSSR count). The van der Waals surface area contributed by atoms with Crippen molar-refractivity contribution in [2.75, 3.05) is 5.88 Å². The summed E-state index contributed by atoms with van der Waals surface area (Å²) in [5.41, 5.74) is 3.22. The molecule has 1 aliphatic heterocycles. The topological polar surface area (TPSA) is 37.4 Å². The van der Waals surface area contributed by atoms with E-state index in [0.717, 1.165) is 23.1 Å². The Hall–Kier alpha value is -1.36. The molecule has 2 aromatic rings. The number of halogens is 1. The first-order valence-electron chi connectivity index (χ1n) is 6.83. The highest BCUT2D eigenvalue weighted by Gasteiger charge is 2.30. The number of sulfonamides is 1. The van der Waals surface area contributed by atoms with Crippen molar-refractivity contribution >= 4 is 21.6 Å². The lowest BCUT2D eigenvalue weighted by atomic mass is 10.1. The SMILES string of the molecule is O=S(=O)(c1ccc(CCCl)cc1)N1Cc2ccccc2C1. The Labute approximate surface area is 130 Å². The summed E-state index contributed by atoms with van der Waals surface area (Å²) in [6, 6.07) is 14.8. The van der Waals surface area contributed by atoms with Crippen LogP contribution in [-0.2, 0) is 29.5 Å². The quantitative estimate of drug-likeness (QED) is 0.811. The van der Waals surface area contributed by atoms with Crippen molar-refractivity contribution < 1.29 is 8.42 Å². The summed E-state index contributed by atoms with van der Waals surface area (Å²) in [6.07, 6.45) is 0.747. The average Bonchev–Trinajstić information content (AvgIpc) is 2.93. The second-order valence-electron chi connectivity index (χ2n) is 5.12. The monoisotopic (exact) mass is 321 g/mol. The van der Waals surface area contributed by atoms with Crippen molar-refractivity contribution in [1.29, 1.82) is 0 Å². The maximum absolute atomic E-state index is 12.7. The van der Waals surface area contributed by atoms with Crippen LogP contribution in [0.5, 0.6) is 0 Å². The lowest BCUT2D eigenvalue weighted by Gasteiger charge is -2.15. The molecule has 1 aliphatic rings. The van der Waals surface area contributed by atoms with E-state index in [2.05, 4.69) is 0 Å². The average molecular weight is 322 g/mol. The van der Waals surface area contributed by atoms with Crippen LogP contribution in [0.15, 0.2) is 53.4 Å². The zero-order valence-electron chi connectivity index (χ0n) is 11.5. The van der Waals surface area contributed by atoms with Crippen LogP contribution < -0.4 is 0 Å². The fourth-order valence-electron chi connectivity index (χ4n) is 2.56. The van der Waals surface area contributed by atoms with Gasteiger partial charge in [-0.2, -0.15) is 4.31 Å². The first-order valence-corrected chi connectivity index (χ1v) is 8.80. The van der Waals surface area contributed by atoms with E-state index >= 15 is 0 Å². The highest BCUT2D eigenvalue weighted by atomic mass is 35.5. The zero-order chi connectivity index (χ0) is 14.9. The van der Waals surface area contributed by atoms with E-state index in [-0.39, 0.29) is 0 Å². The second-order valence-corrected chi connectivity index (χ2v) is 7.44. The van der Waals surface area contributed by atoms with Gasteiger partial charge < -0.3 is 0 Å². The molecule has 0 aliphatic carbocycles. The van der Waals surface area contributed by atoms with E-state index in [0.29, 0.717) is 23.9 Å². The number of aryl methyl sites for hydroxylation is 1. The standard InChI is InChI=1S/C16H16ClNO2S/c17-10-9-13-5-7-16(8-6-13)21(19,20)18-11-14-3-1-2-4-15(14)12-18/h1-8H,9-12H2. The number of benzene rings is 2. The molecule has 0 saturated carbocycles. The molecule has 0 spiro atoms. The molecule has 110 valence electrons. The van der Waals surface area contributed by atoms with Gasteiger partial charge in [0.15, 0.2) is 0 Å². The van der Waals surface area contributed by atoms with Gasteiger partial charge in [0.05, 0.1) is 4.90 Å². The first-order chi connectivity index (χ1) is 10.1. The molecule has 0 aromatic heterocycles. The molecule has 0 fully saturated rings. The highest BCUT2D eigenvalue weighted by Crippen LogP contribution is 2.28. The van der Waals surface area contributed by atoms with Crippen LogP contribution in [0.3, 0.4) is 0 Å². The van der Waals surface area contributed by atoms with Crippen molar-refractivity contribution in [2.24, 2.45) is 0 Å². The Morgan fingerprint density at radius 2 is 1.52 bits per heavy atom. The Bertz CT molecular complexity index is 716. The molecular weight excluding hydrogens is 306 g/mol. The van der Waals surface area contributed by atoms with E-state index in [4.69, 9.17) is 11.6 Å². The molecule has 21 heavy (non-hydrogen) atoms. The number of fused-ring (bicyclic) bond motifs is 1. The van der Waals surface area contributed by atoms with Crippen LogP contribution in [0, 0.1) is 0 Å². The summed E-state index contributed by atoms with van der Waals surface area (Å²) in [5, 5.41) is 0. The van der Waals surface area contributed by atoms with Crippen molar-refractivity contribution in [3.05, 3.63) is 65.2 Å². The van der Waals surface area contributed by atoms with Crippen LogP contribution in [0.25, 0.3) is 0 Å². The van der Waals surface area contributed by atoms with Crippen LogP contribution in [-0.4, -0.2) is 18.6 Å². The van der Waals surface area contributed by atoms with Gasteiger partial charge in [-0.1, -0.05) is 36.4 Å². The maximum Gasteiger partial charge on any atom is 0.243 e. The van der Waals surface area contributed by atoms with Gasteiger partial charge in [0.1, 0.15) is 0 Å². The third-order valence-electron chi connectivity index (χ3n) is 3.76. The molecule has 0 unspecified atom stereocenters. The minimum atomic E-state index is -3.44. The molecule has 3 nitrogen and oxygen atoms in total. The molecule has 0 saturated heterocycles. The van der Waals surface area contributed by atoms with Crippen LogP contribution in [0.1, 0.15) is 16.7 Å². The molecule has 0 atom stereocenters. The zero-order valence-corrected chi connectivity index (χ0v) is 13.1. The van der Waals surface area contributed by atoms with E-state index in [9.17, 15) is 8.42 Å². The molecule has 1 heterocycles. The van der Waals surface area contributed by atoms with Gasteiger partial charge in [-0.3, -0.25) is 0 Å². The smallest absolute Gasteiger partial charge is 0.207 e. The van der Waals surface area contributed by atoms with E-state index in [1.54, 1.807) is 12.1 Å². The Morgan fingerprint density at radius 3 is 2.05 bits per heavy atom. The molecule has 2 aromatic carbocycles. The second kappa shape index (κ2) is 5.79. The summed E-state index contributed by atoms with van der Waals surface area (Å²) in [6.45, 7) is 0.893. The minimum absolute atomic E-state index is 0.341. The fraction of sp³-hybridized carbons (Fsp3) is 0.250. The van der Waals surface area contributed by atoms with Gasteiger partial charge in [-0.15, -0.1) is 11.6 Å². The van der Waals surface area contributed by atoms with Gasteiger partial charge in [0, 0.05) is 19.0 Å². The Kier molecular flexibility index (Phi) is 4.02. The third kappa shape index (κ3) is 2.84. The Morgan fingerprint density at radius 1 is 0.952 bits per heavy atom. The molecule has 0 radical (unpaired) electrons. The molecule has 0 bridgehead atoms. The maximum atomic E-state index is 12.7. The van der Waals surface area contributed by atoms with E-state index in [1.165, 1.54) is 4.31 Å². The number of hydrogen-bond acceptors (Lipinski definition) is 2. The Balaban J connectivity index is 1.85. The number of nitrogens with zero attached hydrogens (tertiary/aromatic N) is 1. The number of rotatable bonds is 4. The van der Waals surface area contributed by atoms with Crippen molar-refractivity contribution in [3.63, 3.8) is 0 Å². The largest absolute Gasteiger partial charge is 0.243 e. The summed E-state index contributed by atoms with van der Waals surface area (Å²) in [5.74, 6) is 0.535. The van der Waals surface area contributed by atoms with Gasteiger partial charge in [0.25, 0.3) is 0 Å². The minimum Gasteiger partial charge on any atom is -0.207 e. The third-order valence-corrected chi connectivity index (χ3v) is 5.75. The van der Waals surface area contributed by atoms with Crippen LogP contribution >= 0.6 is 11.6 Å². The summed E-state index contributed by atoms with van der Waals surface area (Å²) in [7, 11) is -3.44. The number of alkyl halides is 1. The fourth-order valence-corrected chi connectivity index (χ4v) is 4.17. The molecule has 0 N–H and O–H groups in total. The van der Waals surface area contributed by atoms with Crippen molar-refractivity contribution in [1.82, 2.24) is 4.31 Å². The first kappa shape index (κ1) is 14.6. The van der Waals surface area contributed by atoms with Gasteiger partial charge in [0.2, 0.25) is 10.0 Å². The van der Waals surface area contributed by atoms with Crippen molar-refractivity contribution in [2.45, 2.75) is 24.4 Å². The summed E-state index contributed by atoms with van der Waals surface area (Å²) < 4.78 is 26.9. The predicted molar refractivity (Wildman–Crippen MR) is 83.7 cm³/mol. The molecular formula is C16H16ClNO2S. The molecule has 0 amide bonds. The predicted octanol–water partition coefficient (Wildman–Crippen LogP) is 3.17. The van der Waals surface area contributed by atoms with Gasteiger partial charge in [-0.05, 0) is 35.2 Å². The van der Waals surface area contributed by atoms with Gasteiger partial charge >= 0.3 is 0 Å². The normalized spacial score (nSPS) is 15.1. The highest BCUT2D eigenvalue weighted by molar-refractivity contribution is 7.89. The van der Waals surface area contributed by atoms with Crippen LogP contribution in [0.4, 0.5) is 0 Å².